The van der Waals surface area contributed by atoms with E-state index in [9.17, 15) is 9.59 Å². The van der Waals surface area contributed by atoms with Crippen LogP contribution in [0.25, 0.3) is 0 Å². The molecule has 0 unspecified atom stereocenters. The average molecular weight is 240 g/mol. The molecule has 0 bridgehead atoms. The van der Waals surface area contributed by atoms with E-state index in [1.165, 1.54) is 4.90 Å². The summed E-state index contributed by atoms with van der Waals surface area (Å²) in [5.74, 6) is -2.31. The van der Waals surface area contributed by atoms with Gasteiger partial charge < -0.3 is 10.0 Å². The molecule has 1 amide bonds. The molecular weight excluding hydrogens is 230 g/mol. The lowest BCUT2D eigenvalue weighted by Crippen LogP contribution is -2.29. The molecule has 0 saturated carbocycles. The molecule has 4 nitrogen and oxygen atoms in total. The van der Waals surface area contributed by atoms with Gasteiger partial charge >= 0.3 is 5.97 Å². The number of anilines is 1. The maximum atomic E-state index is 11.7. The first-order valence-electron chi connectivity index (χ1n) is 4.89. The number of carbonyl (C=O) groups excluding carboxylic acids is 1. The number of carboxylic acid groups (broad SMARTS) is 1. The van der Waals surface area contributed by atoms with Gasteiger partial charge in [-0.05, 0) is 30.7 Å². The summed E-state index contributed by atoms with van der Waals surface area (Å²) in [6.45, 7) is 0.442. The fourth-order valence-electron chi connectivity index (χ4n) is 1.79. The highest BCUT2D eigenvalue weighted by atomic mass is 35.5. The first-order chi connectivity index (χ1) is 7.59. The summed E-state index contributed by atoms with van der Waals surface area (Å²) in [7, 11) is 0. The van der Waals surface area contributed by atoms with Gasteiger partial charge in [-0.1, -0.05) is 11.6 Å². The Bertz CT molecular complexity index is 429. The van der Waals surface area contributed by atoms with Crippen LogP contribution in [0.15, 0.2) is 24.3 Å². The minimum Gasteiger partial charge on any atom is -0.481 e. The Morgan fingerprint density at radius 1 is 1.38 bits per heavy atom. The first-order valence-corrected chi connectivity index (χ1v) is 5.27. The number of rotatable bonds is 2. The van der Waals surface area contributed by atoms with E-state index >= 15 is 0 Å². The zero-order valence-corrected chi connectivity index (χ0v) is 9.15. The Kier molecular flexibility index (Phi) is 2.83. The molecule has 1 N–H and O–H groups in total. The van der Waals surface area contributed by atoms with Crippen molar-refractivity contribution in [1.29, 1.82) is 0 Å². The van der Waals surface area contributed by atoms with Crippen LogP contribution in [0.5, 0.6) is 0 Å². The molecule has 0 radical (unpaired) electrons. The van der Waals surface area contributed by atoms with Gasteiger partial charge in [-0.25, -0.2) is 0 Å². The van der Waals surface area contributed by atoms with Crippen LogP contribution in [0, 0.1) is 5.92 Å². The highest BCUT2D eigenvalue weighted by Crippen LogP contribution is 2.26. The number of hydrogen-bond acceptors (Lipinski definition) is 2. The number of amides is 1. The quantitative estimate of drug-likeness (QED) is 0.801. The van der Waals surface area contributed by atoms with E-state index in [-0.39, 0.29) is 5.91 Å². The number of halogens is 1. The monoisotopic (exact) mass is 239 g/mol. The van der Waals surface area contributed by atoms with Crippen molar-refractivity contribution >= 4 is 29.2 Å². The van der Waals surface area contributed by atoms with Crippen LogP contribution in [0.2, 0.25) is 5.02 Å². The highest BCUT2D eigenvalue weighted by Gasteiger charge is 2.37. The maximum Gasteiger partial charge on any atom is 0.316 e. The van der Waals surface area contributed by atoms with Gasteiger partial charge in [0.1, 0.15) is 5.92 Å². The Morgan fingerprint density at radius 3 is 2.50 bits per heavy atom. The van der Waals surface area contributed by atoms with E-state index in [1.54, 1.807) is 24.3 Å². The van der Waals surface area contributed by atoms with E-state index in [1.807, 2.05) is 0 Å². The third-order valence-electron chi connectivity index (χ3n) is 2.64. The second kappa shape index (κ2) is 4.14. The number of hydrogen-bond donors (Lipinski definition) is 1. The number of benzene rings is 1. The van der Waals surface area contributed by atoms with Gasteiger partial charge in [-0.2, -0.15) is 0 Å². The van der Waals surface area contributed by atoms with Crippen LogP contribution >= 0.6 is 11.6 Å². The number of aliphatic carboxylic acids is 1. The predicted octanol–water partition coefficient (Wildman–Crippen LogP) is 1.78. The normalized spacial score (nSPS) is 20.2. The SMILES string of the molecule is O=C(O)[C@H]1CCN(c2ccc(Cl)cc2)C1=O. The molecule has 1 aliphatic heterocycles. The molecule has 1 aliphatic rings. The Balaban J connectivity index is 2.21. The van der Waals surface area contributed by atoms with Crippen molar-refractivity contribution in [1.82, 2.24) is 0 Å². The van der Waals surface area contributed by atoms with Gasteiger partial charge in [0.2, 0.25) is 5.91 Å². The van der Waals surface area contributed by atoms with Gasteiger partial charge in [0.25, 0.3) is 0 Å². The molecule has 5 heteroatoms. The van der Waals surface area contributed by atoms with Crippen molar-refractivity contribution in [3.63, 3.8) is 0 Å². The predicted molar refractivity (Wildman–Crippen MR) is 59.5 cm³/mol. The van der Waals surface area contributed by atoms with E-state index < -0.39 is 11.9 Å². The summed E-state index contributed by atoms with van der Waals surface area (Å²) in [5.41, 5.74) is 0.693. The van der Waals surface area contributed by atoms with Crippen molar-refractivity contribution < 1.29 is 14.7 Å². The zero-order valence-electron chi connectivity index (χ0n) is 8.39. The van der Waals surface area contributed by atoms with E-state index in [0.29, 0.717) is 23.7 Å². The largest absolute Gasteiger partial charge is 0.481 e. The van der Waals surface area contributed by atoms with Crippen LogP contribution < -0.4 is 4.90 Å². The third-order valence-corrected chi connectivity index (χ3v) is 2.89. The summed E-state index contributed by atoms with van der Waals surface area (Å²) in [6, 6.07) is 6.78. The van der Waals surface area contributed by atoms with E-state index in [2.05, 4.69) is 0 Å². The third kappa shape index (κ3) is 1.88. The van der Waals surface area contributed by atoms with E-state index in [0.717, 1.165) is 0 Å². The Morgan fingerprint density at radius 2 is 2.00 bits per heavy atom. The standard InChI is InChI=1S/C11H10ClNO3/c12-7-1-3-8(4-2-7)13-6-5-9(10(13)14)11(15)16/h1-4,9H,5-6H2,(H,15,16)/t9-/m0/s1. The van der Waals surface area contributed by atoms with Crippen LogP contribution in [0.4, 0.5) is 5.69 Å². The first kappa shape index (κ1) is 11.0. The average Bonchev–Trinajstić information content (AvgIpc) is 2.61. The van der Waals surface area contributed by atoms with Gasteiger partial charge in [0.05, 0.1) is 0 Å². The van der Waals surface area contributed by atoms with Gasteiger partial charge in [0, 0.05) is 17.3 Å². The molecule has 1 atom stereocenters. The van der Waals surface area contributed by atoms with Crippen molar-refractivity contribution in [2.24, 2.45) is 5.92 Å². The fraction of sp³-hybridized carbons (Fsp3) is 0.273. The number of carboxylic acids is 1. The molecule has 84 valence electrons. The Hall–Kier alpha value is -1.55. The molecule has 0 aromatic heterocycles. The molecule has 0 spiro atoms. The molecule has 1 aromatic carbocycles. The summed E-state index contributed by atoms with van der Waals surface area (Å²) in [4.78, 5) is 24.0. The number of nitrogens with zero attached hydrogens (tertiary/aromatic N) is 1. The van der Waals surface area contributed by atoms with Crippen LogP contribution in [0.3, 0.4) is 0 Å². The van der Waals surface area contributed by atoms with Crippen LogP contribution in [-0.4, -0.2) is 23.5 Å². The smallest absolute Gasteiger partial charge is 0.316 e. The van der Waals surface area contributed by atoms with Crippen molar-refractivity contribution in [2.75, 3.05) is 11.4 Å². The lowest BCUT2D eigenvalue weighted by atomic mass is 10.1. The molecule has 1 fully saturated rings. The van der Waals surface area contributed by atoms with Crippen LogP contribution in [0.1, 0.15) is 6.42 Å². The maximum absolute atomic E-state index is 11.7. The second-order valence-corrected chi connectivity index (χ2v) is 4.08. The van der Waals surface area contributed by atoms with Crippen molar-refractivity contribution in [3.05, 3.63) is 29.3 Å². The van der Waals surface area contributed by atoms with Crippen molar-refractivity contribution in [3.8, 4) is 0 Å². The highest BCUT2D eigenvalue weighted by molar-refractivity contribution is 6.30. The molecule has 1 saturated heterocycles. The summed E-state index contributed by atoms with van der Waals surface area (Å²) < 4.78 is 0. The molecule has 16 heavy (non-hydrogen) atoms. The zero-order chi connectivity index (χ0) is 11.7. The van der Waals surface area contributed by atoms with Gasteiger partial charge in [0.15, 0.2) is 0 Å². The fourth-order valence-corrected chi connectivity index (χ4v) is 1.91. The second-order valence-electron chi connectivity index (χ2n) is 3.65. The lowest BCUT2D eigenvalue weighted by molar-refractivity contribution is -0.144. The van der Waals surface area contributed by atoms with Crippen molar-refractivity contribution in [2.45, 2.75) is 6.42 Å². The van der Waals surface area contributed by atoms with Crippen LogP contribution in [-0.2, 0) is 9.59 Å². The van der Waals surface area contributed by atoms with E-state index in [4.69, 9.17) is 16.7 Å². The summed E-state index contributed by atoms with van der Waals surface area (Å²) in [6.07, 6.45) is 0.358. The number of carbonyl (C=O) groups is 2. The minimum atomic E-state index is -1.05. The molecule has 1 aromatic rings. The lowest BCUT2D eigenvalue weighted by Gasteiger charge is -2.15. The molecular formula is C11H10ClNO3. The van der Waals surface area contributed by atoms with Gasteiger partial charge in [-0.15, -0.1) is 0 Å². The summed E-state index contributed by atoms with van der Waals surface area (Å²) >= 11 is 5.74. The summed E-state index contributed by atoms with van der Waals surface area (Å²) in [5, 5.41) is 9.41. The van der Waals surface area contributed by atoms with Gasteiger partial charge in [-0.3, -0.25) is 9.59 Å². The molecule has 2 rings (SSSR count). The minimum absolute atomic E-state index is 0.352. The molecule has 0 aliphatic carbocycles. The Labute approximate surface area is 97.4 Å². The topological polar surface area (TPSA) is 57.6 Å². The molecule has 1 heterocycles.